The molecule has 1 atom stereocenters. The van der Waals surface area contributed by atoms with E-state index in [1.54, 1.807) is 47.0 Å². The highest BCUT2D eigenvalue weighted by Crippen LogP contribution is 2.28. The van der Waals surface area contributed by atoms with Gasteiger partial charge in [0.15, 0.2) is 0 Å². The summed E-state index contributed by atoms with van der Waals surface area (Å²) in [5.74, 6) is -0.228. The van der Waals surface area contributed by atoms with Gasteiger partial charge in [-0.25, -0.2) is 8.42 Å². The van der Waals surface area contributed by atoms with Crippen molar-refractivity contribution in [1.82, 2.24) is 9.62 Å². The van der Waals surface area contributed by atoms with Gasteiger partial charge in [-0.2, -0.15) is 4.31 Å². The molecule has 0 saturated carbocycles. The number of rotatable bonds is 5. The van der Waals surface area contributed by atoms with E-state index >= 15 is 0 Å². The number of benzene rings is 2. The van der Waals surface area contributed by atoms with Crippen molar-refractivity contribution < 1.29 is 17.6 Å². The SMILES string of the molecule is O=C(NCC1CCCCN1S(=O)(=O)c1ccccc1I)c1cccc2occc12. The van der Waals surface area contributed by atoms with Gasteiger partial charge in [-0.15, -0.1) is 0 Å². The third kappa shape index (κ3) is 4.06. The number of carbonyl (C=O) groups is 1. The Kier molecular flexibility index (Phi) is 5.93. The number of hydrogen-bond donors (Lipinski definition) is 1. The lowest BCUT2D eigenvalue weighted by molar-refractivity contribution is 0.0941. The Bertz CT molecular complexity index is 1140. The van der Waals surface area contributed by atoms with Crippen LogP contribution in [0.4, 0.5) is 0 Å². The van der Waals surface area contributed by atoms with E-state index < -0.39 is 10.0 Å². The second-order valence-electron chi connectivity index (χ2n) is 7.04. The van der Waals surface area contributed by atoms with E-state index in [0.717, 1.165) is 24.6 Å². The number of fused-ring (bicyclic) bond motifs is 1. The van der Waals surface area contributed by atoms with Crippen LogP contribution in [0.3, 0.4) is 0 Å². The minimum atomic E-state index is -3.62. The predicted octanol–water partition coefficient (Wildman–Crippen LogP) is 4.01. The molecular weight excluding hydrogens is 503 g/mol. The van der Waals surface area contributed by atoms with E-state index in [2.05, 4.69) is 27.9 Å². The third-order valence-corrected chi connectivity index (χ3v) is 8.55. The van der Waals surface area contributed by atoms with Crippen LogP contribution in [0.5, 0.6) is 0 Å². The van der Waals surface area contributed by atoms with Crippen LogP contribution in [-0.2, 0) is 10.0 Å². The molecule has 1 aliphatic heterocycles. The number of sulfonamides is 1. The number of nitrogens with one attached hydrogen (secondary N) is 1. The molecule has 0 radical (unpaired) electrons. The predicted molar refractivity (Wildman–Crippen MR) is 119 cm³/mol. The second-order valence-corrected chi connectivity index (χ2v) is 10.1. The van der Waals surface area contributed by atoms with Crippen LogP contribution in [0.25, 0.3) is 11.0 Å². The average molecular weight is 524 g/mol. The Labute approximate surface area is 183 Å². The van der Waals surface area contributed by atoms with Crippen molar-refractivity contribution in [3.05, 3.63) is 63.9 Å². The largest absolute Gasteiger partial charge is 0.464 e. The standard InChI is InChI=1S/C21H21IN2O4S/c22-18-8-1-2-10-20(18)29(26,27)24-12-4-3-6-15(24)14-23-21(25)17-7-5-9-19-16(17)11-13-28-19/h1-2,5,7-11,13,15H,3-4,6,12,14H2,(H,23,25). The van der Waals surface area contributed by atoms with Gasteiger partial charge in [0, 0.05) is 28.1 Å². The number of amides is 1. The summed E-state index contributed by atoms with van der Waals surface area (Å²) in [6, 6.07) is 13.8. The molecule has 152 valence electrons. The molecule has 4 rings (SSSR count). The van der Waals surface area contributed by atoms with Gasteiger partial charge in [0.05, 0.1) is 16.7 Å². The van der Waals surface area contributed by atoms with Crippen molar-refractivity contribution in [2.45, 2.75) is 30.2 Å². The highest BCUT2D eigenvalue weighted by molar-refractivity contribution is 14.1. The van der Waals surface area contributed by atoms with Crippen molar-refractivity contribution in [3.63, 3.8) is 0 Å². The second kappa shape index (κ2) is 8.45. The first-order chi connectivity index (χ1) is 14.0. The minimum Gasteiger partial charge on any atom is -0.464 e. The van der Waals surface area contributed by atoms with Crippen LogP contribution in [0.1, 0.15) is 29.6 Å². The molecule has 1 N–H and O–H groups in total. The monoisotopic (exact) mass is 524 g/mol. The third-order valence-electron chi connectivity index (χ3n) is 5.24. The Morgan fingerprint density at radius 2 is 1.97 bits per heavy atom. The number of piperidine rings is 1. The Morgan fingerprint density at radius 3 is 2.79 bits per heavy atom. The Hall–Kier alpha value is -1.91. The van der Waals surface area contributed by atoms with E-state index in [4.69, 9.17) is 4.42 Å². The molecule has 2 heterocycles. The van der Waals surface area contributed by atoms with Crippen LogP contribution in [0.2, 0.25) is 0 Å². The maximum atomic E-state index is 13.3. The lowest BCUT2D eigenvalue weighted by atomic mass is 10.0. The van der Waals surface area contributed by atoms with Gasteiger partial charge in [-0.1, -0.05) is 24.6 Å². The van der Waals surface area contributed by atoms with Crippen LogP contribution < -0.4 is 5.32 Å². The fourth-order valence-corrected chi connectivity index (χ4v) is 6.75. The van der Waals surface area contributed by atoms with Crippen molar-refractivity contribution in [2.75, 3.05) is 13.1 Å². The molecule has 29 heavy (non-hydrogen) atoms. The number of halogens is 1. The van der Waals surface area contributed by atoms with Crippen LogP contribution in [-0.4, -0.2) is 37.8 Å². The summed E-state index contributed by atoms with van der Waals surface area (Å²) in [6.07, 6.45) is 4.04. The van der Waals surface area contributed by atoms with E-state index in [-0.39, 0.29) is 18.5 Å². The van der Waals surface area contributed by atoms with Gasteiger partial charge >= 0.3 is 0 Å². The summed E-state index contributed by atoms with van der Waals surface area (Å²) >= 11 is 2.05. The van der Waals surface area contributed by atoms with E-state index in [1.807, 2.05) is 12.1 Å². The quantitative estimate of drug-likeness (QED) is 0.512. The number of nitrogens with zero attached hydrogens (tertiary/aromatic N) is 1. The lowest BCUT2D eigenvalue weighted by Crippen LogP contribution is -2.49. The summed E-state index contributed by atoms with van der Waals surface area (Å²) in [5.41, 5.74) is 1.18. The molecule has 1 aliphatic rings. The summed E-state index contributed by atoms with van der Waals surface area (Å²) in [7, 11) is -3.62. The maximum Gasteiger partial charge on any atom is 0.252 e. The lowest BCUT2D eigenvalue weighted by Gasteiger charge is -2.35. The minimum absolute atomic E-state index is 0.228. The van der Waals surface area contributed by atoms with E-state index in [1.165, 1.54) is 0 Å². The molecule has 0 aliphatic carbocycles. The van der Waals surface area contributed by atoms with Gasteiger partial charge in [-0.3, -0.25) is 4.79 Å². The molecular formula is C21H21IN2O4S. The summed E-state index contributed by atoms with van der Waals surface area (Å²) < 4.78 is 34.1. The zero-order chi connectivity index (χ0) is 20.4. The van der Waals surface area contributed by atoms with Gasteiger partial charge in [-0.05, 0) is 65.8 Å². The molecule has 0 bridgehead atoms. The van der Waals surface area contributed by atoms with Crippen LogP contribution in [0.15, 0.2) is 64.1 Å². The van der Waals surface area contributed by atoms with Crippen molar-refractivity contribution in [3.8, 4) is 0 Å². The molecule has 1 aromatic heterocycles. The molecule has 3 aromatic rings. The zero-order valence-corrected chi connectivity index (χ0v) is 18.6. The number of furan rings is 1. The summed E-state index contributed by atoms with van der Waals surface area (Å²) in [5, 5.41) is 3.68. The topological polar surface area (TPSA) is 79.6 Å². The first-order valence-corrected chi connectivity index (χ1v) is 12.0. The summed E-state index contributed by atoms with van der Waals surface area (Å²) in [4.78, 5) is 13.1. The zero-order valence-electron chi connectivity index (χ0n) is 15.7. The fraction of sp³-hybridized carbons (Fsp3) is 0.286. The Morgan fingerprint density at radius 1 is 1.14 bits per heavy atom. The van der Waals surface area contributed by atoms with Crippen LogP contribution >= 0.6 is 22.6 Å². The molecule has 2 aromatic carbocycles. The van der Waals surface area contributed by atoms with Gasteiger partial charge in [0.2, 0.25) is 10.0 Å². The molecule has 1 saturated heterocycles. The van der Waals surface area contributed by atoms with Gasteiger partial charge in [0.25, 0.3) is 5.91 Å². The number of hydrogen-bond acceptors (Lipinski definition) is 4. The maximum absolute atomic E-state index is 13.3. The smallest absolute Gasteiger partial charge is 0.252 e. The normalized spacial score (nSPS) is 18.0. The van der Waals surface area contributed by atoms with Crippen molar-refractivity contribution >= 4 is 49.5 Å². The number of carbonyl (C=O) groups excluding carboxylic acids is 1. The highest BCUT2D eigenvalue weighted by Gasteiger charge is 2.34. The molecule has 6 nitrogen and oxygen atoms in total. The van der Waals surface area contributed by atoms with Crippen molar-refractivity contribution in [2.24, 2.45) is 0 Å². The first kappa shape index (κ1) is 20.4. The molecule has 0 spiro atoms. The van der Waals surface area contributed by atoms with E-state index in [0.29, 0.717) is 26.2 Å². The molecule has 8 heteroatoms. The van der Waals surface area contributed by atoms with Gasteiger partial charge < -0.3 is 9.73 Å². The highest BCUT2D eigenvalue weighted by atomic mass is 127. The molecule has 1 amide bonds. The summed E-state index contributed by atoms with van der Waals surface area (Å²) in [6.45, 7) is 0.737. The Balaban J connectivity index is 1.53. The van der Waals surface area contributed by atoms with Gasteiger partial charge in [0.1, 0.15) is 5.58 Å². The molecule has 1 fully saturated rings. The fourth-order valence-electron chi connectivity index (χ4n) is 3.77. The average Bonchev–Trinajstić information content (AvgIpc) is 3.21. The van der Waals surface area contributed by atoms with Crippen molar-refractivity contribution in [1.29, 1.82) is 0 Å². The first-order valence-electron chi connectivity index (χ1n) is 9.49. The van der Waals surface area contributed by atoms with Crippen LogP contribution in [0, 0.1) is 3.57 Å². The molecule has 1 unspecified atom stereocenters. The van der Waals surface area contributed by atoms with E-state index in [9.17, 15) is 13.2 Å².